The normalized spacial score (nSPS) is 11.9. The Morgan fingerprint density at radius 3 is 2.88 bits per heavy atom. The van der Waals surface area contributed by atoms with Gasteiger partial charge in [-0.25, -0.2) is 0 Å². The Balaban J connectivity index is 2.45. The van der Waals surface area contributed by atoms with Gasteiger partial charge in [-0.15, -0.1) is 0 Å². The fourth-order valence-corrected chi connectivity index (χ4v) is 2.18. The van der Waals surface area contributed by atoms with Crippen molar-refractivity contribution in [3.8, 4) is 0 Å². The summed E-state index contributed by atoms with van der Waals surface area (Å²) in [4.78, 5) is 0. The fourth-order valence-electron chi connectivity index (χ4n) is 1.46. The van der Waals surface area contributed by atoms with E-state index in [0.717, 1.165) is 23.0 Å². The van der Waals surface area contributed by atoms with Crippen LogP contribution in [0.2, 0.25) is 0 Å². The smallest absolute Gasteiger partial charge is 0.170 e. The molecule has 1 aromatic rings. The monoisotopic (exact) mass is 300 g/mol. The maximum atomic E-state index is 5.23. The first-order valence-corrected chi connectivity index (χ1v) is 6.65. The standard InChI is InChI=1S/C12H17BrN2S/c1-3-5-9(2)14-12(16)15-11-7-4-6-10(13)8-11/h4,6-9H,3,5H2,1-2H3,(H2,14,15,16). The van der Waals surface area contributed by atoms with E-state index in [1.54, 1.807) is 0 Å². The van der Waals surface area contributed by atoms with Crippen molar-refractivity contribution in [3.63, 3.8) is 0 Å². The van der Waals surface area contributed by atoms with Gasteiger partial charge in [-0.1, -0.05) is 35.3 Å². The van der Waals surface area contributed by atoms with Gasteiger partial charge in [0.05, 0.1) is 0 Å². The molecule has 1 atom stereocenters. The first kappa shape index (κ1) is 13.5. The molecule has 2 N–H and O–H groups in total. The lowest BCUT2D eigenvalue weighted by molar-refractivity contribution is 0.599. The van der Waals surface area contributed by atoms with Gasteiger partial charge < -0.3 is 10.6 Å². The summed E-state index contributed by atoms with van der Waals surface area (Å²) in [5.74, 6) is 0. The molecule has 88 valence electrons. The van der Waals surface area contributed by atoms with Crippen LogP contribution in [0.4, 0.5) is 5.69 Å². The zero-order valence-electron chi connectivity index (χ0n) is 9.59. The molecule has 0 radical (unpaired) electrons. The molecule has 1 unspecified atom stereocenters. The first-order valence-electron chi connectivity index (χ1n) is 5.45. The summed E-state index contributed by atoms with van der Waals surface area (Å²) >= 11 is 8.66. The molecule has 0 aliphatic carbocycles. The van der Waals surface area contributed by atoms with Crippen LogP contribution < -0.4 is 10.6 Å². The van der Waals surface area contributed by atoms with Crippen molar-refractivity contribution in [1.29, 1.82) is 0 Å². The lowest BCUT2D eigenvalue weighted by Gasteiger charge is -2.16. The molecule has 0 fully saturated rings. The van der Waals surface area contributed by atoms with Gasteiger partial charge in [-0.05, 0) is 43.8 Å². The Morgan fingerprint density at radius 1 is 1.50 bits per heavy atom. The van der Waals surface area contributed by atoms with Crippen molar-refractivity contribution in [2.75, 3.05) is 5.32 Å². The highest BCUT2D eigenvalue weighted by atomic mass is 79.9. The van der Waals surface area contributed by atoms with Crippen LogP contribution in [0.5, 0.6) is 0 Å². The molecule has 0 bridgehead atoms. The highest BCUT2D eigenvalue weighted by Crippen LogP contribution is 2.15. The molecule has 0 amide bonds. The number of benzene rings is 1. The largest absolute Gasteiger partial charge is 0.360 e. The SMILES string of the molecule is CCCC(C)NC(=S)Nc1cccc(Br)c1. The van der Waals surface area contributed by atoms with E-state index in [-0.39, 0.29) is 0 Å². The second-order valence-electron chi connectivity index (χ2n) is 3.80. The lowest BCUT2D eigenvalue weighted by Crippen LogP contribution is -2.35. The van der Waals surface area contributed by atoms with Crippen molar-refractivity contribution < 1.29 is 0 Å². The molecule has 1 aromatic carbocycles. The Morgan fingerprint density at radius 2 is 2.25 bits per heavy atom. The first-order chi connectivity index (χ1) is 7.61. The molecular formula is C12H17BrN2S. The fraction of sp³-hybridized carbons (Fsp3) is 0.417. The van der Waals surface area contributed by atoms with Gasteiger partial charge in [-0.2, -0.15) is 0 Å². The van der Waals surface area contributed by atoms with E-state index in [4.69, 9.17) is 12.2 Å². The Labute approximate surface area is 111 Å². The predicted molar refractivity (Wildman–Crippen MR) is 77.9 cm³/mol. The molecule has 0 saturated carbocycles. The highest BCUT2D eigenvalue weighted by Gasteiger charge is 2.03. The van der Waals surface area contributed by atoms with E-state index in [1.807, 2.05) is 24.3 Å². The average molecular weight is 301 g/mol. The lowest BCUT2D eigenvalue weighted by atomic mass is 10.2. The molecule has 0 heterocycles. The van der Waals surface area contributed by atoms with Crippen molar-refractivity contribution in [1.82, 2.24) is 5.32 Å². The van der Waals surface area contributed by atoms with E-state index in [1.165, 1.54) is 0 Å². The van der Waals surface area contributed by atoms with Gasteiger partial charge in [0, 0.05) is 16.2 Å². The van der Waals surface area contributed by atoms with Crippen LogP contribution in [-0.4, -0.2) is 11.2 Å². The van der Waals surface area contributed by atoms with Crippen LogP contribution in [0.3, 0.4) is 0 Å². The minimum Gasteiger partial charge on any atom is -0.360 e. The summed E-state index contributed by atoms with van der Waals surface area (Å²) < 4.78 is 1.04. The van der Waals surface area contributed by atoms with Crippen molar-refractivity contribution in [2.24, 2.45) is 0 Å². The Bertz CT molecular complexity index is 355. The molecular weight excluding hydrogens is 284 g/mol. The second kappa shape index (κ2) is 6.86. The predicted octanol–water partition coefficient (Wildman–Crippen LogP) is 3.92. The van der Waals surface area contributed by atoms with Gasteiger partial charge in [-0.3, -0.25) is 0 Å². The third kappa shape index (κ3) is 4.94. The van der Waals surface area contributed by atoms with Gasteiger partial charge in [0.15, 0.2) is 5.11 Å². The van der Waals surface area contributed by atoms with Crippen LogP contribution in [0.1, 0.15) is 26.7 Å². The van der Waals surface area contributed by atoms with Crippen LogP contribution in [0, 0.1) is 0 Å². The van der Waals surface area contributed by atoms with Gasteiger partial charge in [0.1, 0.15) is 0 Å². The zero-order valence-corrected chi connectivity index (χ0v) is 12.0. The summed E-state index contributed by atoms with van der Waals surface area (Å²) in [6.07, 6.45) is 2.29. The van der Waals surface area contributed by atoms with Crippen LogP contribution in [0.25, 0.3) is 0 Å². The van der Waals surface area contributed by atoms with Gasteiger partial charge in [0.25, 0.3) is 0 Å². The Hall–Kier alpha value is -0.610. The molecule has 4 heteroatoms. The highest BCUT2D eigenvalue weighted by molar-refractivity contribution is 9.10. The molecule has 2 nitrogen and oxygen atoms in total. The number of rotatable bonds is 4. The number of hydrogen-bond acceptors (Lipinski definition) is 1. The van der Waals surface area contributed by atoms with E-state index < -0.39 is 0 Å². The topological polar surface area (TPSA) is 24.1 Å². The molecule has 1 rings (SSSR count). The number of thiocarbonyl (C=S) groups is 1. The number of anilines is 1. The average Bonchev–Trinajstić information content (AvgIpc) is 2.17. The second-order valence-corrected chi connectivity index (χ2v) is 5.12. The van der Waals surface area contributed by atoms with Crippen LogP contribution in [-0.2, 0) is 0 Å². The molecule has 0 aliphatic heterocycles. The van der Waals surface area contributed by atoms with E-state index in [0.29, 0.717) is 11.2 Å². The summed E-state index contributed by atoms with van der Waals surface area (Å²) in [5.41, 5.74) is 0.996. The number of hydrogen-bond donors (Lipinski definition) is 2. The molecule has 0 saturated heterocycles. The summed E-state index contributed by atoms with van der Waals surface area (Å²) in [6.45, 7) is 4.31. The molecule has 16 heavy (non-hydrogen) atoms. The minimum absolute atomic E-state index is 0.414. The van der Waals surface area contributed by atoms with Crippen molar-refractivity contribution in [3.05, 3.63) is 28.7 Å². The summed E-state index contributed by atoms with van der Waals surface area (Å²) in [5, 5.41) is 7.10. The van der Waals surface area contributed by atoms with Crippen LogP contribution in [0.15, 0.2) is 28.7 Å². The molecule has 0 aromatic heterocycles. The number of halogens is 1. The third-order valence-electron chi connectivity index (χ3n) is 2.18. The third-order valence-corrected chi connectivity index (χ3v) is 2.89. The summed E-state index contributed by atoms with van der Waals surface area (Å²) in [6, 6.07) is 8.37. The summed E-state index contributed by atoms with van der Waals surface area (Å²) in [7, 11) is 0. The minimum atomic E-state index is 0.414. The maximum Gasteiger partial charge on any atom is 0.170 e. The van der Waals surface area contributed by atoms with E-state index in [2.05, 4.69) is 40.4 Å². The Kier molecular flexibility index (Phi) is 5.77. The zero-order chi connectivity index (χ0) is 12.0. The van der Waals surface area contributed by atoms with Crippen molar-refractivity contribution in [2.45, 2.75) is 32.7 Å². The molecule has 0 spiro atoms. The maximum absolute atomic E-state index is 5.23. The van der Waals surface area contributed by atoms with E-state index in [9.17, 15) is 0 Å². The number of nitrogens with one attached hydrogen (secondary N) is 2. The van der Waals surface area contributed by atoms with Crippen molar-refractivity contribution >= 4 is 38.9 Å². The van der Waals surface area contributed by atoms with Gasteiger partial charge in [0.2, 0.25) is 0 Å². The quantitative estimate of drug-likeness (QED) is 0.824. The van der Waals surface area contributed by atoms with E-state index >= 15 is 0 Å². The van der Waals surface area contributed by atoms with Gasteiger partial charge >= 0.3 is 0 Å². The van der Waals surface area contributed by atoms with Crippen LogP contribution >= 0.6 is 28.1 Å². The molecule has 0 aliphatic rings.